The Kier molecular flexibility index (Phi) is 5.83. The highest BCUT2D eigenvalue weighted by atomic mass is 79.9. The van der Waals surface area contributed by atoms with Crippen molar-refractivity contribution in [1.82, 2.24) is 0 Å². The van der Waals surface area contributed by atoms with E-state index in [1.807, 2.05) is 6.07 Å². The van der Waals surface area contributed by atoms with E-state index in [0.29, 0.717) is 9.30 Å². The van der Waals surface area contributed by atoms with Crippen LogP contribution < -0.4 is 0 Å². The van der Waals surface area contributed by atoms with Crippen LogP contribution in [0.2, 0.25) is 0 Å². The summed E-state index contributed by atoms with van der Waals surface area (Å²) in [7, 11) is 0. The molecule has 1 aromatic rings. The molecule has 0 saturated heterocycles. The maximum absolute atomic E-state index is 13.2. The highest BCUT2D eigenvalue weighted by molar-refractivity contribution is 9.10. The van der Waals surface area contributed by atoms with Gasteiger partial charge in [0.15, 0.2) is 0 Å². The predicted octanol–water partition coefficient (Wildman–Crippen LogP) is 5.08. The number of hydrogen-bond acceptors (Lipinski definition) is 0. The summed E-state index contributed by atoms with van der Waals surface area (Å²) in [5, 5.41) is 0. The molecular formula is C12H15Br2F. The lowest BCUT2D eigenvalue weighted by Crippen LogP contribution is -2.00. The minimum atomic E-state index is -0.172. The summed E-state index contributed by atoms with van der Waals surface area (Å²) < 4.78 is 13.8. The SMILES string of the molecule is CCCC(Br)CCc1cccc(F)c1Br. The Labute approximate surface area is 108 Å². The number of halogens is 3. The lowest BCUT2D eigenvalue weighted by Gasteiger charge is -2.09. The molecule has 0 aliphatic heterocycles. The zero-order valence-electron chi connectivity index (χ0n) is 8.77. The molecule has 3 heteroatoms. The summed E-state index contributed by atoms with van der Waals surface area (Å²) in [5.41, 5.74) is 1.05. The fourth-order valence-corrected chi connectivity index (χ4v) is 2.66. The van der Waals surface area contributed by atoms with Gasteiger partial charge in [0.25, 0.3) is 0 Å². The van der Waals surface area contributed by atoms with E-state index in [1.54, 1.807) is 6.07 Å². The molecule has 0 fully saturated rings. The summed E-state index contributed by atoms with van der Waals surface area (Å²) in [6.45, 7) is 2.17. The van der Waals surface area contributed by atoms with Crippen LogP contribution in [0.3, 0.4) is 0 Å². The quantitative estimate of drug-likeness (QED) is 0.657. The third-order valence-electron chi connectivity index (χ3n) is 2.36. The van der Waals surface area contributed by atoms with E-state index in [0.717, 1.165) is 18.4 Å². The second-order valence-corrected chi connectivity index (χ2v) is 5.73. The van der Waals surface area contributed by atoms with E-state index in [-0.39, 0.29) is 5.82 Å². The number of alkyl halides is 1. The van der Waals surface area contributed by atoms with Crippen molar-refractivity contribution in [2.75, 3.05) is 0 Å². The molecule has 84 valence electrons. The largest absolute Gasteiger partial charge is 0.206 e. The molecule has 1 aromatic carbocycles. The van der Waals surface area contributed by atoms with Gasteiger partial charge in [-0.25, -0.2) is 4.39 Å². The third-order valence-corrected chi connectivity index (χ3v) is 4.16. The number of aryl methyl sites for hydroxylation is 1. The van der Waals surface area contributed by atoms with Crippen molar-refractivity contribution in [2.24, 2.45) is 0 Å². The van der Waals surface area contributed by atoms with Crippen LogP contribution in [0.1, 0.15) is 31.7 Å². The van der Waals surface area contributed by atoms with Gasteiger partial charge in [0.1, 0.15) is 5.82 Å². The van der Waals surface area contributed by atoms with E-state index in [9.17, 15) is 4.39 Å². The molecule has 0 aliphatic rings. The number of hydrogen-bond donors (Lipinski definition) is 0. The van der Waals surface area contributed by atoms with Crippen molar-refractivity contribution in [3.63, 3.8) is 0 Å². The normalized spacial score (nSPS) is 12.8. The average Bonchev–Trinajstić information content (AvgIpc) is 2.21. The molecule has 0 aromatic heterocycles. The van der Waals surface area contributed by atoms with Crippen LogP contribution in [-0.2, 0) is 6.42 Å². The molecule has 0 radical (unpaired) electrons. The van der Waals surface area contributed by atoms with Gasteiger partial charge in [0.2, 0.25) is 0 Å². The molecule has 1 unspecified atom stereocenters. The molecule has 0 amide bonds. The van der Waals surface area contributed by atoms with Crippen LogP contribution in [0.15, 0.2) is 22.7 Å². The monoisotopic (exact) mass is 336 g/mol. The van der Waals surface area contributed by atoms with E-state index in [2.05, 4.69) is 38.8 Å². The molecule has 0 aliphatic carbocycles. The van der Waals surface area contributed by atoms with Crippen molar-refractivity contribution in [3.8, 4) is 0 Å². The lowest BCUT2D eigenvalue weighted by atomic mass is 10.1. The first-order chi connectivity index (χ1) is 7.15. The first-order valence-electron chi connectivity index (χ1n) is 5.22. The summed E-state index contributed by atoms with van der Waals surface area (Å²) in [5.74, 6) is -0.172. The Hall–Kier alpha value is 0.110. The molecular weight excluding hydrogens is 323 g/mol. The van der Waals surface area contributed by atoms with Crippen molar-refractivity contribution in [2.45, 2.75) is 37.4 Å². The fourth-order valence-electron chi connectivity index (χ4n) is 1.51. The van der Waals surface area contributed by atoms with Crippen molar-refractivity contribution in [3.05, 3.63) is 34.1 Å². The Morgan fingerprint density at radius 1 is 1.33 bits per heavy atom. The Balaban J connectivity index is 2.54. The van der Waals surface area contributed by atoms with Crippen molar-refractivity contribution >= 4 is 31.9 Å². The number of benzene rings is 1. The second kappa shape index (κ2) is 6.64. The Bertz CT molecular complexity index is 312. The van der Waals surface area contributed by atoms with Crippen LogP contribution in [0.4, 0.5) is 4.39 Å². The zero-order valence-corrected chi connectivity index (χ0v) is 11.9. The summed E-state index contributed by atoms with van der Waals surface area (Å²) in [6, 6.07) is 5.21. The smallest absolute Gasteiger partial charge is 0.137 e. The Morgan fingerprint density at radius 2 is 2.07 bits per heavy atom. The molecule has 0 bridgehead atoms. The highest BCUT2D eigenvalue weighted by Gasteiger charge is 2.07. The summed E-state index contributed by atoms with van der Waals surface area (Å²) in [4.78, 5) is 0.540. The summed E-state index contributed by atoms with van der Waals surface area (Å²) in [6.07, 6.45) is 4.32. The molecule has 1 atom stereocenters. The van der Waals surface area contributed by atoms with Gasteiger partial charge in [0.05, 0.1) is 4.47 Å². The topological polar surface area (TPSA) is 0 Å². The maximum Gasteiger partial charge on any atom is 0.137 e. The first-order valence-corrected chi connectivity index (χ1v) is 6.93. The van der Waals surface area contributed by atoms with Crippen molar-refractivity contribution < 1.29 is 4.39 Å². The minimum absolute atomic E-state index is 0.172. The molecule has 0 nitrogen and oxygen atoms in total. The zero-order chi connectivity index (χ0) is 11.3. The summed E-state index contributed by atoms with van der Waals surface area (Å²) >= 11 is 6.91. The molecule has 1 rings (SSSR count). The second-order valence-electron chi connectivity index (χ2n) is 3.64. The molecule has 0 heterocycles. The minimum Gasteiger partial charge on any atom is -0.206 e. The maximum atomic E-state index is 13.2. The van der Waals surface area contributed by atoms with Gasteiger partial charge >= 0.3 is 0 Å². The molecule has 15 heavy (non-hydrogen) atoms. The van der Waals surface area contributed by atoms with E-state index in [1.165, 1.54) is 18.9 Å². The van der Waals surface area contributed by atoms with E-state index >= 15 is 0 Å². The van der Waals surface area contributed by atoms with Gasteiger partial charge in [-0.05, 0) is 46.8 Å². The van der Waals surface area contributed by atoms with E-state index < -0.39 is 0 Å². The third kappa shape index (κ3) is 4.23. The fraction of sp³-hybridized carbons (Fsp3) is 0.500. The van der Waals surface area contributed by atoms with Gasteiger partial charge < -0.3 is 0 Å². The van der Waals surface area contributed by atoms with E-state index in [4.69, 9.17) is 0 Å². The first kappa shape index (κ1) is 13.2. The van der Waals surface area contributed by atoms with Crippen LogP contribution in [0, 0.1) is 5.82 Å². The van der Waals surface area contributed by atoms with Gasteiger partial charge in [0, 0.05) is 4.83 Å². The van der Waals surface area contributed by atoms with Crippen LogP contribution in [-0.4, -0.2) is 4.83 Å². The van der Waals surface area contributed by atoms with Gasteiger partial charge in [-0.2, -0.15) is 0 Å². The van der Waals surface area contributed by atoms with Crippen LogP contribution >= 0.6 is 31.9 Å². The van der Waals surface area contributed by atoms with Crippen LogP contribution in [0.5, 0.6) is 0 Å². The average molecular weight is 338 g/mol. The standard InChI is InChI=1S/C12H15Br2F/c1-2-4-10(13)8-7-9-5-3-6-11(15)12(9)14/h3,5-6,10H,2,4,7-8H2,1H3. The lowest BCUT2D eigenvalue weighted by molar-refractivity contribution is 0.615. The molecule has 0 saturated carbocycles. The predicted molar refractivity (Wildman–Crippen MR) is 70.0 cm³/mol. The molecule has 0 spiro atoms. The van der Waals surface area contributed by atoms with Gasteiger partial charge in [-0.1, -0.05) is 41.4 Å². The molecule has 0 N–H and O–H groups in total. The van der Waals surface area contributed by atoms with Gasteiger partial charge in [-0.3, -0.25) is 0 Å². The Morgan fingerprint density at radius 3 is 2.73 bits per heavy atom. The number of rotatable bonds is 5. The van der Waals surface area contributed by atoms with Gasteiger partial charge in [-0.15, -0.1) is 0 Å². The van der Waals surface area contributed by atoms with Crippen LogP contribution in [0.25, 0.3) is 0 Å². The highest BCUT2D eigenvalue weighted by Crippen LogP contribution is 2.23. The van der Waals surface area contributed by atoms with Crippen molar-refractivity contribution in [1.29, 1.82) is 0 Å².